The van der Waals surface area contributed by atoms with E-state index in [2.05, 4.69) is 37.0 Å². The molecule has 0 aromatic heterocycles. The SMILES string of the molecule is COc1cc(C=NN2C(=O)[C@@H]3[C@H](C2=O)[C@H]2C=C[C@H]3C2)c(Br)c(Br)c1OCC(N)=O. The lowest BCUT2D eigenvalue weighted by molar-refractivity contribution is -0.140. The van der Waals surface area contributed by atoms with Crippen LogP contribution >= 0.6 is 31.9 Å². The van der Waals surface area contributed by atoms with Crippen molar-refractivity contribution in [2.75, 3.05) is 13.7 Å². The maximum Gasteiger partial charge on any atom is 0.255 e. The number of halogens is 2. The summed E-state index contributed by atoms with van der Waals surface area (Å²) in [6.07, 6.45) is 6.36. The smallest absolute Gasteiger partial charge is 0.255 e. The first kappa shape index (κ1) is 20.1. The number of hydrazone groups is 1. The highest BCUT2D eigenvalue weighted by Crippen LogP contribution is 2.52. The highest BCUT2D eigenvalue weighted by atomic mass is 79.9. The third-order valence-corrected chi connectivity index (χ3v) is 7.64. The number of ether oxygens (including phenoxy) is 2. The average molecular weight is 527 g/mol. The number of amides is 3. The van der Waals surface area contributed by atoms with E-state index >= 15 is 0 Å². The maximum absolute atomic E-state index is 12.7. The fraction of sp³-hybridized carbons (Fsp3) is 0.368. The minimum Gasteiger partial charge on any atom is -0.493 e. The molecule has 1 saturated carbocycles. The molecule has 8 nitrogen and oxygen atoms in total. The number of primary amides is 1. The van der Waals surface area contributed by atoms with Gasteiger partial charge in [-0.1, -0.05) is 12.2 Å². The molecule has 1 saturated heterocycles. The molecule has 1 aromatic rings. The number of carbonyl (C=O) groups excluding carboxylic acids is 3. The molecular weight excluding hydrogens is 510 g/mol. The molecule has 0 radical (unpaired) electrons. The second-order valence-corrected chi connectivity index (χ2v) is 8.70. The molecule has 2 fully saturated rings. The van der Waals surface area contributed by atoms with Crippen molar-refractivity contribution in [2.24, 2.45) is 34.5 Å². The summed E-state index contributed by atoms with van der Waals surface area (Å²) in [4.78, 5) is 36.5. The van der Waals surface area contributed by atoms with E-state index in [0.717, 1.165) is 11.4 Å². The predicted molar refractivity (Wildman–Crippen MR) is 110 cm³/mol. The number of nitrogens with zero attached hydrogens (tertiary/aromatic N) is 2. The summed E-state index contributed by atoms with van der Waals surface area (Å²) < 4.78 is 11.8. The molecule has 152 valence electrons. The summed E-state index contributed by atoms with van der Waals surface area (Å²) in [6.45, 7) is -0.315. The standard InChI is InChI=1S/C19H17Br2N3O5/c1-28-11-5-10(15(20)16(21)17(11)29-7-12(22)25)6-23-24-18(26)13-8-2-3-9(4-8)14(13)19(24)27/h2-3,5-6,8-9,13-14H,4,7H2,1H3,(H2,22,25)/t8-,9-,13-,14+/m0/s1. The third-order valence-electron chi connectivity index (χ3n) is 5.49. The number of hydrogen-bond acceptors (Lipinski definition) is 6. The molecule has 2 N–H and O–H groups in total. The van der Waals surface area contributed by atoms with Gasteiger partial charge in [0.25, 0.3) is 17.7 Å². The Morgan fingerprint density at radius 3 is 2.41 bits per heavy atom. The molecule has 10 heteroatoms. The fourth-order valence-corrected chi connectivity index (χ4v) is 5.18. The van der Waals surface area contributed by atoms with Gasteiger partial charge in [-0.2, -0.15) is 10.1 Å². The largest absolute Gasteiger partial charge is 0.493 e. The molecule has 4 rings (SSSR count). The number of rotatable bonds is 6. The van der Waals surface area contributed by atoms with Gasteiger partial charge in [0.05, 0.1) is 29.6 Å². The Balaban J connectivity index is 1.60. The van der Waals surface area contributed by atoms with E-state index in [-0.39, 0.29) is 42.1 Å². The molecule has 1 aromatic carbocycles. The van der Waals surface area contributed by atoms with Gasteiger partial charge in [-0.3, -0.25) is 14.4 Å². The van der Waals surface area contributed by atoms with Gasteiger partial charge in [-0.15, -0.1) is 0 Å². The van der Waals surface area contributed by atoms with Gasteiger partial charge in [-0.05, 0) is 56.2 Å². The van der Waals surface area contributed by atoms with Gasteiger partial charge in [-0.25, -0.2) is 0 Å². The van der Waals surface area contributed by atoms with E-state index in [0.29, 0.717) is 26.0 Å². The number of methoxy groups -OCH3 is 1. The topological polar surface area (TPSA) is 111 Å². The van der Waals surface area contributed by atoms with Crippen LogP contribution in [-0.4, -0.2) is 42.7 Å². The van der Waals surface area contributed by atoms with Crippen molar-refractivity contribution in [2.45, 2.75) is 6.42 Å². The van der Waals surface area contributed by atoms with Crippen LogP contribution in [0.25, 0.3) is 0 Å². The molecule has 1 aliphatic heterocycles. The highest BCUT2D eigenvalue weighted by Gasteiger charge is 2.59. The van der Waals surface area contributed by atoms with Gasteiger partial charge in [0.2, 0.25) is 0 Å². The van der Waals surface area contributed by atoms with Gasteiger partial charge >= 0.3 is 0 Å². The summed E-state index contributed by atoms with van der Waals surface area (Å²) in [6, 6.07) is 1.62. The van der Waals surface area contributed by atoms with Gasteiger partial charge in [0.1, 0.15) is 0 Å². The van der Waals surface area contributed by atoms with Crippen LogP contribution in [0, 0.1) is 23.7 Å². The highest BCUT2D eigenvalue weighted by molar-refractivity contribution is 9.13. The van der Waals surface area contributed by atoms with Crippen molar-refractivity contribution in [3.63, 3.8) is 0 Å². The second-order valence-electron chi connectivity index (χ2n) is 7.11. The zero-order valence-electron chi connectivity index (χ0n) is 15.3. The zero-order chi connectivity index (χ0) is 20.9. The lowest BCUT2D eigenvalue weighted by Gasteiger charge is -2.15. The molecule has 2 aliphatic carbocycles. The van der Waals surface area contributed by atoms with Crippen LogP contribution in [-0.2, 0) is 14.4 Å². The Morgan fingerprint density at radius 1 is 1.24 bits per heavy atom. The van der Waals surface area contributed by atoms with E-state index in [1.54, 1.807) is 6.07 Å². The van der Waals surface area contributed by atoms with E-state index in [9.17, 15) is 14.4 Å². The maximum atomic E-state index is 12.7. The van der Waals surface area contributed by atoms with Crippen molar-refractivity contribution in [1.29, 1.82) is 0 Å². The zero-order valence-corrected chi connectivity index (χ0v) is 18.5. The second kappa shape index (κ2) is 7.56. The normalized spacial score (nSPS) is 27.2. The van der Waals surface area contributed by atoms with E-state index in [1.165, 1.54) is 13.3 Å². The quantitative estimate of drug-likeness (QED) is 0.347. The molecule has 2 bridgehead atoms. The van der Waals surface area contributed by atoms with Crippen LogP contribution in [0.3, 0.4) is 0 Å². The Morgan fingerprint density at radius 2 is 1.86 bits per heavy atom. The van der Waals surface area contributed by atoms with Crippen LogP contribution in [0.2, 0.25) is 0 Å². The molecule has 3 amide bonds. The summed E-state index contributed by atoms with van der Waals surface area (Å²) in [5, 5.41) is 5.15. The van der Waals surface area contributed by atoms with Crippen LogP contribution in [0.15, 0.2) is 32.3 Å². The fourth-order valence-electron chi connectivity index (χ4n) is 4.25. The third kappa shape index (κ3) is 3.28. The summed E-state index contributed by atoms with van der Waals surface area (Å²) in [5.74, 6) is -0.850. The van der Waals surface area contributed by atoms with Crippen molar-refractivity contribution in [1.82, 2.24) is 5.01 Å². The van der Waals surface area contributed by atoms with E-state index < -0.39 is 5.91 Å². The molecule has 1 heterocycles. The van der Waals surface area contributed by atoms with Crippen LogP contribution in [0.1, 0.15) is 12.0 Å². The number of fused-ring (bicyclic) bond motifs is 5. The Hall–Kier alpha value is -2.20. The number of nitrogens with two attached hydrogens (primary N) is 1. The first-order chi connectivity index (χ1) is 13.8. The van der Waals surface area contributed by atoms with E-state index in [4.69, 9.17) is 15.2 Å². The number of imide groups is 1. The first-order valence-electron chi connectivity index (χ1n) is 8.90. The van der Waals surface area contributed by atoms with Crippen molar-refractivity contribution in [3.8, 4) is 11.5 Å². The lowest BCUT2D eigenvalue weighted by Crippen LogP contribution is -2.28. The average Bonchev–Trinajstić information content (AvgIpc) is 3.36. The van der Waals surface area contributed by atoms with Crippen molar-refractivity contribution >= 4 is 55.8 Å². The van der Waals surface area contributed by atoms with Gasteiger partial charge in [0.15, 0.2) is 18.1 Å². The minimum atomic E-state index is -0.624. The molecule has 0 unspecified atom stereocenters. The Labute approximate surface area is 183 Å². The molecule has 0 spiro atoms. The lowest BCUT2D eigenvalue weighted by atomic mass is 9.85. The minimum absolute atomic E-state index is 0.129. The van der Waals surface area contributed by atoms with Gasteiger partial charge in [0, 0.05) is 10.0 Å². The Bertz CT molecular complexity index is 947. The number of benzene rings is 1. The molecule has 29 heavy (non-hydrogen) atoms. The van der Waals surface area contributed by atoms with Crippen molar-refractivity contribution in [3.05, 3.63) is 32.7 Å². The first-order valence-corrected chi connectivity index (χ1v) is 10.5. The Kier molecular flexibility index (Phi) is 5.24. The van der Waals surface area contributed by atoms with Crippen molar-refractivity contribution < 1.29 is 23.9 Å². The number of allylic oxidation sites excluding steroid dienone is 2. The van der Waals surface area contributed by atoms with Gasteiger partial charge < -0.3 is 15.2 Å². The van der Waals surface area contributed by atoms with Crippen LogP contribution in [0.4, 0.5) is 0 Å². The number of carbonyl (C=O) groups is 3. The molecular formula is C19H17Br2N3O5. The molecule has 3 aliphatic rings. The summed E-state index contributed by atoms with van der Waals surface area (Å²) >= 11 is 6.82. The van der Waals surface area contributed by atoms with Crippen LogP contribution in [0.5, 0.6) is 11.5 Å². The predicted octanol–water partition coefficient (Wildman–Crippen LogP) is 2.23. The molecule has 4 atom stereocenters. The summed E-state index contributed by atoms with van der Waals surface area (Å²) in [7, 11) is 1.45. The monoisotopic (exact) mass is 525 g/mol. The van der Waals surface area contributed by atoms with E-state index in [1.807, 2.05) is 12.2 Å². The van der Waals surface area contributed by atoms with Crippen LogP contribution < -0.4 is 15.2 Å². The summed E-state index contributed by atoms with van der Waals surface area (Å²) in [5.41, 5.74) is 5.68. The number of hydrogen-bond donors (Lipinski definition) is 1.